The Hall–Kier alpha value is -1.28. The van der Waals surface area contributed by atoms with E-state index in [2.05, 4.69) is 42.2 Å². The fraction of sp³-hybridized carbons (Fsp3) is 0.385. The molecule has 0 unspecified atom stereocenters. The summed E-state index contributed by atoms with van der Waals surface area (Å²) in [4.78, 5) is 2.39. The average Bonchev–Trinajstić information content (AvgIpc) is 2.30. The lowest BCUT2D eigenvalue weighted by atomic mass is 10.1. The van der Waals surface area contributed by atoms with Crippen LogP contribution in [0.4, 0.5) is 5.69 Å². The van der Waals surface area contributed by atoms with Gasteiger partial charge in [-0.15, -0.1) is 0 Å². The molecule has 1 aromatic rings. The van der Waals surface area contributed by atoms with E-state index in [0.717, 1.165) is 19.5 Å². The summed E-state index contributed by atoms with van der Waals surface area (Å²) >= 11 is 0. The monoisotopic (exact) mass is 202 g/mol. The molecule has 2 heteroatoms. The van der Waals surface area contributed by atoms with Gasteiger partial charge in [-0.3, -0.25) is 0 Å². The van der Waals surface area contributed by atoms with Gasteiger partial charge in [-0.25, -0.2) is 0 Å². The van der Waals surface area contributed by atoms with E-state index in [0.29, 0.717) is 6.54 Å². The van der Waals surface area contributed by atoms with Crippen molar-refractivity contribution < 1.29 is 0 Å². The molecule has 80 valence electrons. The Balaban J connectivity index is 2.07. The van der Waals surface area contributed by atoms with Crippen molar-refractivity contribution in [2.24, 2.45) is 5.73 Å². The van der Waals surface area contributed by atoms with E-state index in [4.69, 9.17) is 5.73 Å². The molecule has 0 radical (unpaired) electrons. The minimum absolute atomic E-state index is 0.710. The molecule has 0 fully saturated rings. The molecule has 0 aliphatic carbocycles. The van der Waals surface area contributed by atoms with Crippen LogP contribution < -0.4 is 10.6 Å². The van der Waals surface area contributed by atoms with Gasteiger partial charge in [0, 0.05) is 25.3 Å². The number of hydrogen-bond donors (Lipinski definition) is 1. The van der Waals surface area contributed by atoms with E-state index in [-0.39, 0.29) is 0 Å². The van der Waals surface area contributed by atoms with Gasteiger partial charge >= 0.3 is 0 Å². The van der Waals surface area contributed by atoms with Crippen molar-refractivity contribution in [3.63, 3.8) is 0 Å². The maximum Gasteiger partial charge on any atom is 0.0369 e. The highest BCUT2D eigenvalue weighted by molar-refractivity contribution is 5.49. The Labute approximate surface area is 91.4 Å². The molecular formula is C13H18N2. The Morgan fingerprint density at radius 3 is 2.53 bits per heavy atom. The predicted molar refractivity (Wildman–Crippen MR) is 65.1 cm³/mol. The van der Waals surface area contributed by atoms with Gasteiger partial charge in [-0.2, -0.15) is 0 Å². The topological polar surface area (TPSA) is 29.3 Å². The lowest BCUT2D eigenvalue weighted by Gasteiger charge is -2.28. The molecule has 0 saturated carbocycles. The Morgan fingerprint density at radius 2 is 2.00 bits per heavy atom. The fourth-order valence-electron chi connectivity index (χ4n) is 1.89. The number of rotatable bonds is 2. The molecule has 15 heavy (non-hydrogen) atoms. The number of aryl methyl sites for hydroxylation is 1. The van der Waals surface area contributed by atoms with Crippen LogP contribution in [0.15, 0.2) is 35.9 Å². The number of nitrogens with zero attached hydrogens (tertiary/aromatic N) is 1. The van der Waals surface area contributed by atoms with Crippen LogP contribution in [0.3, 0.4) is 0 Å². The van der Waals surface area contributed by atoms with Crippen LogP contribution in [0.5, 0.6) is 0 Å². The predicted octanol–water partition coefficient (Wildman–Crippen LogP) is 2.09. The third-order valence-electron chi connectivity index (χ3n) is 2.96. The summed E-state index contributed by atoms with van der Waals surface area (Å²) in [5.41, 5.74) is 9.63. The molecule has 0 atom stereocenters. The minimum atomic E-state index is 0.710. The third-order valence-corrected chi connectivity index (χ3v) is 2.96. The van der Waals surface area contributed by atoms with Gasteiger partial charge in [0.1, 0.15) is 0 Å². The first-order chi connectivity index (χ1) is 7.29. The van der Waals surface area contributed by atoms with E-state index in [1.54, 1.807) is 0 Å². The Morgan fingerprint density at radius 1 is 1.27 bits per heavy atom. The molecule has 0 spiro atoms. The van der Waals surface area contributed by atoms with Crippen LogP contribution in [0.1, 0.15) is 12.0 Å². The SMILES string of the molecule is Cc1ccc(N2CC=C(CN)CC2)cc1. The molecular weight excluding hydrogens is 184 g/mol. The van der Waals surface area contributed by atoms with Gasteiger partial charge in [-0.1, -0.05) is 29.3 Å². The Bertz CT molecular complexity index is 351. The van der Waals surface area contributed by atoms with Gasteiger partial charge in [0.05, 0.1) is 0 Å². The molecule has 0 saturated heterocycles. The lowest BCUT2D eigenvalue weighted by Crippen LogP contribution is -2.29. The Kier molecular flexibility index (Phi) is 3.07. The average molecular weight is 202 g/mol. The zero-order valence-electron chi connectivity index (χ0n) is 9.24. The number of benzene rings is 1. The van der Waals surface area contributed by atoms with Crippen molar-refractivity contribution in [3.05, 3.63) is 41.5 Å². The van der Waals surface area contributed by atoms with Crippen LogP contribution >= 0.6 is 0 Å². The van der Waals surface area contributed by atoms with Crippen LogP contribution in [0.2, 0.25) is 0 Å². The van der Waals surface area contributed by atoms with Crippen LogP contribution in [0, 0.1) is 6.92 Å². The highest BCUT2D eigenvalue weighted by Gasteiger charge is 2.10. The summed E-state index contributed by atoms with van der Waals surface area (Å²) in [7, 11) is 0. The van der Waals surface area contributed by atoms with E-state index in [1.807, 2.05) is 0 Å². The molecule has 1 aliphatic rings. The van der Waals surface area contributed by atoms with Gasteiger partial charge in [0.15, 0.2) is 0 Å². The summed E-state index contributed by atoms with van der Waals surface area (Å²) in [6, 6.07) is 8.71. The second kappa shape index (κ2) is 4.49. The van der Waals surface area contributed by atoms with Gasteiger partial charge < -0.3 is 10.6 Å². The molecule has 2 nitrogen and oxygen atoms in total. The van der Waals surface area contributed by atoms with Crippen molar-refractivity contribution in [1.29, 1.82) is 0 Å². The van der Waals surface area contributed by atoms with Gasteiger partial charge in [0.2, 0.25) is 0 Å². The first-order valence-electron chi connectivity index (χ1n) is 5.49. The highest BCUT2D eigenvalue weighted by Crippen LogP contribution is 2.19. The van der Waals surface area contributed by atoms with E-state index >= 15 is 0 Å². The van der Waals surface area contributed by atoms with E-state index < -0.39 is 0 Å². The maximum absolute atomic E-state index is 5.62. The van der Waals surface area contributed by atoms with E-state index in [9.17, 15) is 0 Å². The van der Waals surface area contributed by atoms with E-state index in [1.165, 1.54) is 16.8 Å². The summed E-state index contributed by atoms with van der Waals surface area (Å²) in [6.45, 7) is 4.91. The summed E-state index contributed by atoms with van der Waals surface area (Å²) in [5, 5.41) is 0. The normalized spacial score (nSPS) is 16.4. The number of hydrogen-bond acceptors (Lipinski definition) is 2. The van der Waals surface area contributed by atoms with Gasteiger partial charge in [0.25, 0.3) is 0 Å². The maximum atomic E-state index is 5.62. The first kappa shape index (κ1) is 10.2. The summed E-state index contributed by atoms with van der Waals surface area (Å²) in [6.07, 6.45) is 3.35. The van der Waals surface area contributed by atoms with Crippen LogP contribution in [0.25, 0.3) is 0 Å². The van der Waals surface area contributed by atoms with Crippen molar-refractivity contribution in [2.45, 2.75) is 13.3 Å². The lowest BCUT2D eigenvalue weighted by molar-refractivity contribution is 0.773. The molecule has 2 rings (SSSR count). The zero-order chi connectivity index (χ0) is 10.7. The number of anilines is 1. The van der Waals surface area contributed by atoms with Crippen LogP contribution in [-0.4, -0.2) is 19.6 Å². The number of nitrogens with two attached hydrogens (primary N) is 1. The van der Waals surface area contributed by atoms with Crippen molar-refractivity contribution in [2.75, 3.05) is 24.5 Å². The molecule has 1 aromatic carbocycles. The second-order valence-corrected chi connectivity index (χ2v) is 4.10. The molecule has 0 aromatic heterocycles. The van der Waals surface area contributed by atoms with Crippen molar-refractivity contribution >= 4 is 5.69 Å². The molecule has 1 aliphatic heterocycles. The summed E-state index contributed by atoms with van der Waals surface area (Å²) < 4.78 is 0. The standard InChI is InChI=1S/C13H18N2/c1-11-2-4-13(5-3-11)15-8-6-12(10-14)7-9-15/h2-6H,7-10,14H2,1H3. The third kappa shape index (κ3) is 2.39. The first-order valence-corrected chi connectivity index (χ1v) is 5.49. The molecule has 1 heterocycles. The smallest absolute Gasteiger partial charge is 0.0369 e. The van der Waals surface area contributed by atoms with Crippen molar-refractivity contribution in [1.82, 2.24) is 0 Å². The zero-order valence-corrected chi connectivity index (χ0v) is 9.24. The second-order valence-electron chi connectivity index (χ2n) is 4.10. The highest BCUT2D eigenvalue weighted by atomic mass is 15.1. The molecule has 0 amide bonds. The van der Waals surface area contributed by atoms with Gasteiger partial charge in [-0.05, 0) is 25.5 Å². The fourth-order valence-corrected chi connectivity index (χ4v) is 1.89. The van der Waals surface area contributed by atoms with Crippen molar-refractivity contribution in [3.8, 4) is 0 Å². The quantitative estimate of drug-likeness (QED) is 0.744. The molecule has 0 bridgehead atoms. The minimum Gasteiger partial charge on any atom is -0.367 e. The largest absolute Gasteiger partial charge is 0.367 e. The van der Waals surface area contributed by atoms with Crippen LogP contribution in [-0.2, 0) is 0 Å². The molecule has 2 N–H and O–H groups in total. The summed E-state index contributed by atoms with van der Waals surface area (Å²) in [5.74, 6) is 0.